The average molecular weight is 422 g/mol. The molecule has 3 rings (SSSR count). The van der Waals surface area contributed by atoms with Crippen molar-refractivity contribution in [3.05, 3.63) is 51.6 Å². The van der Waals surface area contributed by atoms with E-state index < -0.39 is 5.60 Å². The largest absolute Gasteiger partial charge is 0.476 e. The first-order valence-corrected chi connectivity index (χ1v) is 8.15. The number of hydrogen-bond donors (Lipinski definition) is 2. The predicted molar refractivity (Wildman–Crippen MR) is 96.9 cm³/mol. The number of hydrogen-bond acceptors (Lipinski definition) is 3. The number of nitrogens with one attached hydrogen (secondary N) is 2. The van der Waals surface area contributed by atoms with Gasteiger partial charge in [-0.15, -0.1) is 0 Å². The smallest absolute Gasteiger partial charge is 0.268 e. The average Bonchev–Trinajstić information content (AvgIpc) is 2.49. The first kappa shape index (κ1) is 15.8. The molecule has 0 unspecified atom stereocenters. The van der Waals surface area contributed by atoms with Gasteiger partial charge in [0.25, 0.3) is 11.8 Å². The van der Waals surface area contributed by atoms with Gasteiger partial charge in [-0.05, 0) is 72.8 Å². The monoisotopic (exact) mass is 422 g/mol. The van der Waals surface area contributed by atoms with Crippen molar-refractivity contribution in [2.75, 3.05) is 10.6 Å². The molecule has 0 saturated heterocycles. The van der Waals surface area contributed by atoms with E-state index in [1.165, 1.54) is 0 Å². The molecule has 2 aromatic rings. The van der Waals surface area contributed by atoms with Gasteiger partial charge in [0.2, 0.25) is 0 Å². The fourth-order valence-electron chi connectivity index (χ4n) is 2.23. The lowest BCUT2D eigenvalue weighted by molar-refractivity contribution is -0.129. The van der Waals surface area contributed by atoms with Gasteiger partial charge in [-0.2, -0.15) is 0 Å². The van der Waals surface area contributed by atoms with E-state index >= 15 is 0 Å². The quantitative estimate of drug-likeness (QED) is 0.727. The molecule has 0 aromatic heterocycles. The van der Waals surface area contributed by atoms with Crippen molar-refractivity contribution in [1.82, 2.24) is 0 Å². The highest BCUT2D eigenvalue weighted by Gasteiger charge is 2.36. The molecule has 0 saturated carbocycles. The first-order valence-electron chi connectivity index (χ1n) is 7.07. The highest BCUT2D eigenvalue weighted by Crippen LogP contribution is 2.39. The summed E-state index contributed by atoms with van der Waals surface area (Å²) in [5, 5.41) is 5.62. The number of anilines is 2. The van der Waals surface area contributed by atoms with Crippen LogP contribution in [0, 0.1) is 3.57 Å². The molecule has 0 radical (unpaired) electrons. The van der Waals surface area contributed by atoms with Gasteiger partial charge in [0.05, 0.1) is 5.69 Å². The molecule has 1 aliphatic heterocycles. The van der Waals surface area contributed by atoms with E-state index in [1.54, 1.807) is 44.2 Å². The third-order valence-electron chi connectivity index (χ3n) is 3.53. The highest BCUT2D eigenvalue weighted by molar-refractivity contribution is 14.1. The van der Waals surface area contributed by atoms with Gasteiger partial charge in [0, 0.05) is 9.13 Å². The van der Waals surface area contributed by atoms with E-state index in [2.05, 4.69) is 33.2 Å². The molecule has 2 aromatic carbocycles. The van der Waals surface area contributed by atoms with Crippen LogP contribution >= 0.6 is 22.6 Å². The standard InChI is InChI=1S/C17H15IN2O3/c1-17(2)16(22)20-14-12(4-3-5-13(14)23-17)19-15(21)10-6-8-11(18)9-7-10/h3-9H,1-2H3,(H,19,21)(H,20,22). The number of amides is 2. The van der Waals surface area contributed by atoms with Crippen LogP contribution in [-0.2, 0) is 4.79 Å². The number of para-hydroxylation sites is 1. The van der Waals surface area contributed by atoms with Crippen LogP contribution in [0.25, 0.3) is 0 Å². The molecular formula is C17H15IN2O3. The fourth-order valence-corrected chi connectivity index (χ4v) is 2.59. The summed E-state index contributed by atoms with van der Waals surface area (Å²) in [6, 6.07) is 12.5. The molecular weight excluding hydrogens is 407 g/mol. The van der Waals surface area contributed by atoms with Crippen LogP contribution in [0.2, 0.25) is 0 Å². The molecule has 0 bridgehead atoms. The predicted octanol–water partition coefficient (Wildman–Crippen LogP) is 3.65. The summed E-state index contributed by atoms with van der Waals surface area (Å²) >= 11 is 2.18. The minimum atomic E-state index is -0.939. The number of halogens is 1. The maximum atomic E-state index is 12.4. The second-order valence-electron chi connectivity index (χ2n) is 5.71. The molecule has 1 aliphatic rings. The molecule has 2 amide bonds. The Bertz CT molecular complexity index is 785. The number of carbonyl (C=O) groups is 2. The van der Waals surface area contributed by atoms with Crippen LogP contribution in [0.3, 0.4) is 0 Å². The van der Waals surface area contributed by atoms with E-state index in [-0.39, 0.29) is 11.8 Å². The van der Waals surface area contributed by atoms with Gasteiger partial charge in [-0.1, -0.05) is 6.07 Å². The Morgan fingerprint density at radius 1 is 1.17 bits per heavy atom. The first-order chi connectivity index (χ1) is 10.9. The molecule has 6 heteroatoms. The summed E-state index contributed by atoms with van der Waals surface area (Å²) in [7, 11) is 0. The van der Waals surface area contributed by atoms with Crippen LogP contribution < -0.4 is 15.4 Å². The number of rotatable bonds is 2. The molecule has 0 atom stereocenters. The van der Waals surface area contributed by atoms with E-state index in [9.17, 15) is 9.59 Å². The van der Waals surface area contributed by atoms with Crippen LogP contribution in [0.5, 0.6) is 5.75 Å². The molecule has 2 N–H and O–H groups in total. The zero-order valence-corrected chi connectivity index (χ0v) is 14.8. The van der Waals surface area contributed by atoms with Gasteiger partial charge in [-0.3, -0.25) is 9.59 Å². The Morgan fingerprint density at radius 2 is 1.87 bits per heavy atom. The van der Waals surface area contributed by atoms with Crippen molar-refractivity contribution in [3.8, 4) is 5.75 Å². The van der Waals surface area contributed by atoms with Crippen molar-refractivity contribution < 1.29 is 14.3 Å². The number of ether oxygens (including phenoxy) is 1. The maximum Gasteiger partial charge on any atom is 0.268 e. The summed E-state index contributed by atoms with van der Waals surface area (Å²) in [6.45, 7) is 3.39. The Morgan fingerprint density at radius 3 is 2.57 bits per heavy atom. The SMILES string of the molecule is CC1(C)Oc2cccc(NC(=O)c3ccc(I)cc3)c2NC1=O. The molecule has 23 heavy (non-hydrogen) atoms. The summed E-state index contributed by atoms with van der Waals surface area (Å²) in [4.78, 5) is 24.4. The van der Waals surface area contributed by atoms with Gasteiger partial charge < -0.3 is 15.4 Å². The van der Waals surface area contributed by atoms with Crippen molar-refractivity contribution in [1.29, 1.82) is 0 Å². The summed E-state index contributed by atoms with van der Waals surface area (Å²) in [6.07, 6.45) is 0. The second-order valence-corrected chi connectivity index (χ2v) is 6.95. The van der Waals surface area contributed by atoms with Crippen molar-refractivity contribution in [3.63, 3.8) is 0 Å². The minimum absolute atomic E-state index is 0.242. The number of carbonyl (C=O) groups excluding carboxylic acids is 2. The number of benzene rings is 2. The summed E-state index contributed by atoms with van der Waals surface area (Å²) < 4.78 is 6.77. The lowest BCUT2D eigenvalue weighted by Crippen LogP contribution is -2.45. The van der Waals surface area contributed by atoms with Crippen molar-refractivity contribution in [2.24, 2.45) is 0 Å². The molecule has 0 fully saturated rings. The van der Waals surface area contributed by atoms with E-state index in [4.69, 9.17) is 4.74 Å². The van der Waals surface area contributed by atoms with Crippen LogP contribution in [0.1, 0.15) is 24.2 Å². The zero-order valence-electron chi connectivity index (χ0n) is 12.6. The third-order valence-corrected chi connectivity index (χ3v) is 4.25. The van der Waals surface area contributed by atoms with E-state index in [1.807, 2.05) is 12.1 Å². The molecule has 5 nitrogen and oxygen atoms in total. The Labute approximate surface area is 147 Å². The lowest BCUT2D eigenvalue weighted by atomic mass is 10.1. The molecule has 0 spiro atoms. The Hall–Kier alpha value is -2.09. The number of fused-ring (bicyclic) bond motifs is 1. The zero-order chi connectivity index (χ0) is 16.6. The summed E-state index contributed by atoms with van der Waals surface area (Å²) in [5.41, 5.74) is 0.600. The summed E-state index contributed by atoms with van der Waals surface area (Å²) in [5.74, 6) is 0.0462. The molecule has 1 heterocycles. The normalized spacial score (nSPS) is 15.2. The fraction of sp³-hybridized carbons (Fsp3) is 0.176. The minimum Gasteiger partial charge on any atom is -0.476 e. The Balaban J connectivity index is 1.89. The van der Waals surface area contributed by atoms with Gasteiger partial charge >= 0.3 is 0 Å². The second kappa shape index (κ2) is 5.84. The third kappa shape index (κ3) is 3.17. The van der Waals surface area contributed by atoms with Crippen LogP contribution in [0.4, 0.5) is 11.4 Å². The lowest BCUT2D eigenvalue weighted by Gasteiger charge is -2.32. The maximum absolute atomic E-state index is 12.4. The van der Waals surface area contributed by atoms with Crippen molar-refractivity contribution >= 4 is 45.8 Å². The van der Waals surface area contributed by atoms with E-state index in [0.717, 1.165) is 3.57 Å². The highest BCUT2D eigenvalue weighted by atomic mass is 127. The van der Waals surface area contributed by atoms with E-state index in [0.29, 0.717) is 22.7 Å². The molecule has 0 aliphatic carbocycles. The van der Waals surface area contributed by atoms with Gasteiger partial charge in [0.1, 0.15) is 11.4 Å². The van der Waals surface area contributed by atoms with Crippen molar-refractivity contribution in [2.45, 2.75) is 19.4 Å². The molecule has 118 valence electrons. The van der Waals surface area contributed by atoms with Gasteiger partial charge in [-0.25, -0.2) is 0 Å². The van der Waals surface area contributed by atoms with Crippen LogP contribution in [-0.4, -0.2) is 17.4 Å². The van der Waals surface area contributed by atoms with Crippen LogP contribution in [0.15, 0.2) is 42.5 Å². The van der Waals surface area contributed by atoms with Gasteiger partial charge in [0.15, 0.2) is 5.60 Å². The Kier molecular flexibility index (Phi) is 4.01. The topological polar surface area (TPSA) is 67.4 Å².